The van der Waals surface area contributed by atoms with Crippen LogP contribution >= 0.6 is 0 Å². The van der Waals surface area contributed by atoms with Crippen molar-refractivity contribution in [1.82, 2.24) is 0 Å². The molecule has 0 aliphatic rings. The molecule has 1 heteroatoms. The van der Waals surface area contributed by atoms with Crippen LogP contribution in [0.2, 0.25) is 16.6 Å². The molecule has 0 aromatic rings. The van der Waals surface area contributed by atoms with Crippen molar-refractivity contribution in [2.24, 2.45) is 0 Å². The lowest BCUT2D eigenvalue weighted by atomic mass is 10.5. The highest BCUT2D eigenvalue weighted by atomic mass is 28.3. The van der Waals surface area contributed by atoms with Crippen molar-refractivity contribution in [3.05, 3.63) is 0 Å². The molecule has 0 spiro atoms. The van der Waals surface area contributed by atoms with Crippen LogP contribution in [0.3, 0.4) is 0 Å². The van der Waals surface area contributed by atoms with E-state index in [0.717, 1.165) is 23.0 Å². The number of rotatable bonds is 3. The standard InChI is InChI=1S/C13H26Si/c1-8-9-10-14(11(2)3,12(4)5)13(6)7/h11-13H,8H2,1-7H3. The zero-order chi connectivity index (χ0) is 11.4. The average molecular weight is 210 g/mol. The van der Waals surface area contributed by atoms with Gasteiger partial charge in [-0.3, -0.25) is 0 Å². The fraction of sp³-hybridized carbons (Fsp3) is 0.846. The van der Waals surface area contributed by atoms with E-state index in [4.69, 9.17) is 0 Å². The number of hydrogen-bond acceptors (Lipinski definition) is 0. The minimum atomic E-state index is -1.41. The average Bonchev–Trinajstić information content (AvgIpc) is 2.03. The van der Waals surface area contributed by atoms with E-state index in [-0.39, 0.29) is 0 Å². The second kappa shape index (κ2) is 5.61. The first-order valence-corrected chi connectivity index (χ1v) is 8.12. The van der Waals surface area contributed by atoms with Crippen molar-refractivity contribution in [3.8, 4) is 11.5 Å². The Labute approximate surface area is 91.5 Å². The Hall–Kier alpha value is -0.223. The molecular weight excluding hydrogens is 184 g/mol. The van der Waals surface area contributed by atoms with Crippen molar-refractivity contribution in [1.29, 1.82) is 0 Å². The van der Waals surface area contributed by atoms with Crippen LogP contribution in [0, 0.1) is 11.5 Å². The van der Waals surface area contributed by atoms with Gasteiger partial charge in [-0.25, -0.2) is 0 Å². The molecule has 0 bridgehead atoms. The summed E-state index contributed by atoms with van der Waals surface area (Å²) in [6.45, 7) is 16.3. The predicted octanol–water partition coefficient (Wildman–Crippen LogP) is 4.62. The first-order chi connectivity index (χ1) is 6.39. The van der Waals surface area contributed by atoms with E-state index in [1.54, 1.807) is 0 Å². The zero-order valence-electron chi connectivity index (χ0n) is 10.9. The van der Waals surface area contributed by atoms with E-state index in [2.05, 4.69) is 59.9 Å². The highest BCUT2D eigenvalue weighted by molar-refractivity contribution is 6.90. The van der Waals surface area contributed by atoms with Crippen LogP contribution in [0.4, 0.5) is 0 Å². The Kier molecular flexibility index (Phi) is 5.52. The molecular formula is C13H26Si. The summed E-state index contributed by atoms with van der Waals surface area (Å²) in [5.74, 6) is 3.34. The second-order valence-corrected chi connectivity index (χ2v) is 10.6. The lowest BCUT2D eigenvalue weighted by molar-refractivity contribution is 0.838. The van der Waals surface area contributed by atoms with E-state index in [9.17, 15) is 0 Å². The Balaban J connectivity index is 5.16. The molecule has 82 valence electrons. The Morgan fingerprint density at radius 3 is 1.43 bits per heavy atom. The summed E-state index contributed by atoms with van der Waals surface area (Å²) < 4.78 is 0. The van der Waals surface area contributed by atoms with Crippen LogP contribution in [-0.2, 0) is 0 Å². The maximum atomic E-state index is 3.67. The van der Waals surface area contributed by atoms with Gasteiger partial charge in [-0.1, -0.05) is 48.5 Å². The van der Waals surface area contributed by atoms with E-state index < -0.39 is 8.07 Å². The summed E-state index contributed by atoms with van der Waals surface area (Å²) in [5.41, 5.74) is 5.97. The van der Waals surface area contributed by atoms with Gasteiger partial charge in [0, 0.05) is 6.42 Å². The Morgan fingerprint density at radius 1 is 0.857 bits per heavy atom. The minimum absolute atomic E-state index is 0.765. The van der Waals surface area contributed by atoms with Gasteiger partial charge in [0.2, 0.25) is 0 Å². The van der Waals surface area contributed by atoms with Crippen molar-refractivity contribution in [2.75, 3.05) is 0 Å². The molecule has 0 N–H and O–H groups in total. The second-order valence-electron chi connectivity index (χ2n) is 5.05. The van der Waals surface area contributed by atoms with Crippen molar-refractivity contribution < 1.29 is 0 Å². The fourth-order valence-corrected chi connectivity index (χ4v) is 8.02. The third kappa shape index (κ3) is 2.64. The summed E-state index contributed by atoms with van der Waals surface area (Å²) in [5, 5.41) is 0. The molecule has 0 rings (SSSR count). The summed E-state index contributed by atoms with van der Waals surface area (Å²) in [6.07, 6.45) is 1.00. The SMILES string of the molecule is CCC#C[Si](C(C)C)(C(C)C)C(C)C. The number of hydrogen-bond donors (Lipinski definition) is 0. The van der Waals surface area contributed by atoms with Crippen LogP contribution in [-0.4, -0.2) is 8.07 Å². The third-order valence-electron chi connectivity index (χ3n) is 3.35. The van der Waals surface area contributed by atoms with Crippen LogP contribution < -0.4 is 0 Å². The molecule has 0 saturated heterocycles. The highest BCUT2D eigenvalue weighted by Crippen LogP contribution is 2.40. The third-order valence-corrected chi connectivity index (χ3v) is 9.69. The molecule has 0 aromatic heterocycles. The lowest BCUT2D eigenvalue weighted by Gasteiger charge is -2.38. The van der Waals surface area contributed by atoms with Gasteiger partial charge in [-0.15, -0.1) is 11.5 Å². The summed E-state index contributed by atoms with van der Waals surface area (Å²) >= 11 is 0. The summed E-state index contributed by atoms with van der Waals surface area (Å²) in [6, 6.07) is 0. The van der Waals surface area contributed by atoms with Crippen LogP contribution in [0.15, 0.2) is 0 Å². The van der Waals surface area contributed by atoms with Gasteiger partial charge >= 0.3 is 0 Å². The first kappa shape index (κ1) is 13.8. The smallest absolute Gasteiger partial charge is 0.130 e. The monoisotopic (exact) mass is 210 g/mol. The normalized spacial score (nSPS) is 12.1. The molecule has 0 nitrogen and oxygen atoms in total. The van der Waals surface area contributed by atoms with Gasteiger partial charge in [0.05, 0.1) is 0 Å². The van der Waals surface area contributed by atoms with E-state index >= 15 is 0 Å². The van der Waals surface area contributed by atoms with Gasteiger partial charge in [0.15, 0.2) is 0 Å². The molecule has 0 heterocycles. The molecule has 0 aromatic carbocycles. The zero-order valence-corrected chi connectivity index (χ0v) is 11.9. The van der Waals surface area contributed by atoms with Gasteiger partial charge in [0.25, 0.3) is 0 Å². The van der Waals surface area contributed by atoms with Crippen LogP contribution in [0.5, 0.6) is 0 Å². The van der Waals surface area contributed by atoms with Gasteiger partial charge in [-0.2, -0.15) is 0 Å². The van der Waals surface area contributed by atoms with E-state index in [1.165, 1.54) is 0 Å². The van der Waals surface area contributed by atoms with Crippen molar-refractivity contribution in [2.45, 2.75) is 71.5 Å². The molecule has 0 radical (unpaired) electrons. The van der Waals surface area contributed by atoms with Crippen molar-refractivity contribution in [3.63, 3.8) is 0 Å². The molecule has 0 aliphatic carbocycles. The molecule has 0 amide bonds. The largest absolute Gasteiger partial charge is 0.145 e. The summed E-state index contributed by atoms with van der Waals surface area (Å²) in [7, 11) is -1.41. The molecule has 0 unspecified atom stereocenters. The van der Waals surface area contributed by atoms with Crippen LogP contribution in [0.25, 0.3) is 0 Å². The van der Waals surface area contributed by atoms with E-state index in [0.29, 0.717) is 0 Å². The fourth-order valence-electron chi connectivity index (χ4n) is 2.67. The van der Waals surface area contributed by atoms with Crippen LogP contribution in [0.1, 0.15) is 54.9 Å². The van der Waals surface area contributed by atoms with E-state index in [1.807, 2.05) is 0 Å². The van der Waals surface area contributed by atoms with Gasteiger partial charge in [0.1, 0.15) is 8.07 Å². The summed E-state index contributed by atoms with van der Waals surface area (Å²) in [4.78, 5) is 0. The molecule has 0 aliphatic heterocycles. The quantitative estimate of drug-likeness (QED) is 0.471. The molecule has 14 heavy (non-hydrogen) atoms. The van der Waals surface area contributed by atoms with Crippen molar-refractivity contribution >= 4 is 8.07 Å². The highest BCUT2D eigenvalue weighted by Gasteiger charge is 2.41. The topological polar surface area (TPSA) is 0 Å². The Morgan fingerprint density at radius 2 is 1.21 bits per heavy atom. The van der Waals surface area contributed by atoms with Gasteiger partial charge < -0.3 is 0 Å². The minimum Gasteiger partial charge on any atom is -0.130 e. The molecule has 0 saturated carbocycles. The predicted molar refractivity (Wildman–Crippen MR) is 69.1 cm³/mol. The van der Waals surface area contributed by atoms with Gasteiger partial charge in [-0.05, 0) is 16.6 Å². The molecule has 0 fully saturated rings. The first-order valence-electron chi connectivity index (χ1n) is 5.89. The lowest BCUT2D eigenvalue weighted by Crippen LogP contribution is -2.43. The Bertz CT molecular complexity index is 193. The molecule has 0 atom stereocenters. The maximum Gasteiger partial charge on any atom is 0.145 e. The maximum absolute atomic E-state index is 3.67.